The molecule has 4 fully saturated rings. The van der Waals surface area contributed by atoms with Crippen molar-refractivity contribution in [3.63, 3.8) is 0 Å². The maximum atomic E-state index is 14.4. The Morgan fingerprint density at radius 2 is 0.682 bits per heavy atom. The Balaban J connectivity index is 1.37. The molecular weight excluding hydrogens is 548 g/mol. The molecule has 8 rings (SSSR count). The molecule has 4 saturated carbocycles. The van der Waals surface area contributed by atoms with Gasteiger partial charge in [-0.1, -0.05) is 72.8 Å². The first kappa shape index (κ1) is 28.0. The van der Waals surface area contributed by atoms with E-state index in [0.29, 0.717) is 54.4 Å². The van der Waals surface area contributed by atoms with E-state index >= 15 is 0 Å². The van der Waals surface area contributed by atoms with E-state index in [2.05, 4.69) is 0 Å². The predicted octanol–water partition coefficient (Wildman–Crippen LogP) is 7.04. The summed E-state index contributed by atoms with van der Waals surface area (Å²) in [5, 5.41) is 0. The Bertz CT molecular complexity index is 1460. The first-order valence-electron chi connectivity index (χ1n) is 15.4. The largest absolute Gasteiger partial charge is 0.269 e. The van der Waals surface area contributed by atoms with Crippen molar-refractivity contribution >= 4 is 23.6 Å². The van der Waals surface area contributed by atoms with Gasteiger partial charge in [0, 0.05) is 22.3 Å². The van der Waals surface area contributed by atoms with E-state index in [1.165, 1.54) is 9.80 Å². The number of benzene rings is 4. The summed E-state index contributed by atoms with van der Waals surface area (Å²) in [6.07, 6.45) is 3.97. The van der Waals surface area contributed by atoms with Crippen LogP contribution in [0.2, 0.25) is 0 Å². The van der Waals surface area contributed by atoms with E-state index in [0.717, 1.165) is 6.42 Å². The molecule has 0 unspecified atom stereocenters. The average molecular weight is 583 g/mol. The van der Waals surface area contributed by atoms with Crippen molar-refractivity contribution in [3.8, 4) is 0 Å². The first-order valence-corrected chi connectivity index (χ1v) is 15.4. The highest BCUT2D eigenvalue weighted by Gasteiger charge is 2.65. The Labute approximate surface area is 257 Å². The van der Waals surface area contributed by atoms with E-state index < -0.39 is 11.1 Å². The van der Waals surface area contributed by atoms with Gasteiger partial charge in [-0.05, 0) is 98.9 Å². The molecule has 0 aliphatic heterocycles. The van der Waals surface area contributed by atoms with Gasteiger partial charge in [0.15, 0.2) is 0 Å². The summed E-state index contributed by atoms with van der Waals surface area (Å²) in [4.78, 5) is 60.7. The summed E-state index contributed by atoms with van der Waals surface area (Å²) in [6.45, 7) is 0. The van der Waals surface area contributed by atoms with Gasteiger partial charge >= 0.3 is 0 Å². The van der Waals surface area contributed by atoms with Crippen molar-refractivity contribution in [1.29, 1.82) is 0 Å². The van der Waals surface area contributed by atoms with E-state index in [4.69, 9.17) is 0 Å². The van der Waals surface area contributed by atoms with Gasteiger partial charge in [-0.3, -0.25) is 29.0 Å². The molecule has 6 heteroatoms. The van der Waals surface area contributed by atoms with Crippen LogP contribution in [-0.4, -0.2) is 44.5 Å². The number of nitrogens with zero attached hydrogens (tertiary/aromatic N) is 2. The van der Waals surface area contributed by atoms with Crippen LogP contribution in [0.1, 0.15) is 80.0 Å². The third-order valence-electron chi connectivity index (χ3n) is 9.84. The third-order valence-corrected chi connectivity index (χ3v) is 9.84. The zero-order valence-corrected chi connectivity index (χ0v) is 24.5. The molecule has 44 heavy (non-hydrogen) atoms. The lowest BCUT2D eigenvalue weighted by molar-refractivity contribution is -0.111. The average Bonchev–Trinajstić information content (AvgIpc) is 3.05. The summed E-state index contributed by atoms with van der Waals surface area (Å²) in [6, 6.07) is 35.8. The Morgan fingerprint density at radius 3 is 0.932 bits per heavy atom. The molecule has 4 amide bonds. The third kappa shape index (κ3) is 4.75. The van der Waals surface area contributed by atoms with Crippen molar-refractivity contribution in [2.24, 2.45) is 11.8 Å². The smallest absolute Gasteiger partial charge is 0.261 e. The molecule has 0 N–H and O–H groups in total. The molecule has 4 aromatic rings. The van der Waals surface area contributed by atoms with Crippen molar-refractivity contribution in [2.75, 3.05) is 0 Å². The summed E-state index contributed by atoms with van der Waals surface area (Å²) in [7, 11) is 0. The number of carbonyl (C=O) groups excluding carboxylic acids is 4. The highest BCUT2D eigenvalue weighted by Crippen LogP contribution is 2.62. The molecule has 0 aromatic heterocycles. The lowest BCUT2D eigenvalue weighted by Gasteiger charge is -2.66. The fourth-order valence-electron chi connectivity index (χ4n) is 8.57. The number of carbonyl (C=O) groups is 4. The van der Waals surface area contributed by atoms with Crippen LogP contribution in [0.5, 0.6) is 0 Å². The fourth-order valence-corrected chi connectivity index (χ4v) is 8.57. The highest BCUT2D eigenvalue weighted by molar-refractivity contribution is 6.12. The number of hydrogen-bond donors (Lipinski definition) is 0. The molecule has 4 aliphatic carbocycles. The monoisotopic (exact) mass is 582 g/mol. The minimum Gasteiger partial charge on any atom is -0.269 e. The van der Waals surface area contributed by atoms with Crippen LogP contribution in [-0.2, 0) is 0 Å². The molecule has 0 spiro atoms. The van der Waals surface area contributed by atoms with Crippen LogP contribution >= 0.6 is 0 Å². The molecule has 4 aromatic carbocycles. The SMILES string of the molecule is O=C(c1ccccc1)N(C(=O)c1ccccc1)C12CC3CC(C1)CC(N(C(=O)c1ccccc1)C(=O)c1ccccc1)(C3)C2. The zero-order chi connectivity index (χ0) is 30.3. The van der Waals surface area contributed by atoms with E-state index in [9.17, 15) is 19.2 Å². The van der Waals surface area contributed by atoms with Crippen molar-refractivity contribution in [3.05, 3.63) is 144 Å². The van der Waals surface area contributed by atoms with E-state index in [-0.39, 0.29) is 35.5 Å². The van der Waals surface area contributed by atoms with Crippen molar-refractivity contribution in [2.45, 2.75) is 49.6 Å². The quantitative estimate of drug-likeness (QED) is 0.229. The minimum atomic E-state index is -0.837. The topological polar surface area (TPSA) is 74.8 Å². The number of hydrogen-bond acceptors (Lipinski definition) is 4. The van der Waals surface area contributed by atoms with Gasteiger partial charge in [0.05, 0.1) is 11.1 Å². The molecule has 0 heterocycles. The maximum Gasteiger partial charge on any atom is 0.261 e. The summed E-state index contributed by atoms with van der Waals surface area (Å²) >= 11 is 0. The molecule has 0 radical (unpaired) electrons. The molecule has 4 bridgehead atoms. The first-order chi connectivity index (χ1) is 21.4. The van der Waals surface area contributed by atoms with Gasteiger partial charge in [-0.15, -0.1) is 0 Å². The minimum absolute atomic E-state index is 0.167. The van der Waals surface area contributed by atoms with Gasteiger partial charge in [0.2, 0.25) is 0 Å². The maximum absolute atomic E-state index is 14.4. The second-order valence-electron chi connectivity index (χ2n) is 12.8. The van der Waals surface area contributed by atoms with Crippen molar-refractivity contribution in [1.82, 2.24) is 9.80 Å². The van der Waals surface area contributed by atoms with Crippen LogP contribution < -0.4 is 0 Å². The second kappa shape index (κ2) is 11.0. The molecule has 6 nitrogen and oxygen atoms in total. The van der Waals surface area contributed by atoms with Gasteiger partial charge < -0.3 is 0 Å². The summed E-state index contributed by atoms with van der Waals surface area (Å²) in [5.41, 5.74) is 0.100. The predicted molar refractivity (Wildman–Crippen MR) is 167 cm³/mol. The number of amides is 4. The van der Waals surface area contributed by atoms with Crippen LogP contribution in [0, 0.1) is 11.8 Å². The van der Waals surface area contributed by atoms with Gasteiger partial charge in [-0.2, -0.15) is 0 Å². The lowest BCUT2D eigenvalue weighted by atomic mass is 9.48. The molecular formula is C38H34N2O4. The Hall–Kier alpha value is -4.84. The van der Waals surface area contributed by atoms with Gasteiger partial charge in [-0.25, -0.2) is 0 Å². The van der Waals surface area contributed by atoms with E-state index in [1.54, 1.807) is 97.1 Å². The Morgan fingerprint density at radius 1 is 0.432 bits per heavy atom. The van der Waals surface area contributed by atoms with Crippen molar-refractivity contribution < 1.29 is 19.2 Å². The zero-order valence-electron chi connectivity index (χ0n) is 24.5. The van der Waals surface area contributed by atoms with Gasteiger partial charge in [0.1, 0.15) is 0 Å². The molecule has 220 valence electrons. The Kier molecular flexibility index (Phi) is 7.00. The van der Waals surface area contributed by atoms with Crippen LogP contribution in [0.15, 0.2) is 121 Å². The van der Waals surface area contributed by atoms with E-state index in [1.807, 2.05) is 24.3 Å². The van der Waals surface area contributed by atoms with Gasteiger partial charge in [0.25, 0.3) is 23.6 Å². The van der Waals surface area contributed by atoms with Crippen LogP contribution in [0.3, 0.4) is 0 Å². The van der Waals surface area contributed by atoms with Crippen LogP contribution in [0.25, 0.3) is 0 Å². The highest BCUT2D eigenvalue weighted by atomic mass is 16.2. The molecule has 4 aliphatic rings. The summed E-state index contributed by atoms with van der Waals surface area (Å²) < 4.78 is 0. The normalized spacial score (nSPS) is 24.8. The summed E-state index contributed by atoms with van der Waals surface area (Å²) in [5.74, 6) is -1.03. The standard InChI is InChI=1S/C38H34N2O4/c41-33(29-13-5-1-6-14-29)39(34(42)30-15-7-2-8-16-30)37-22-27-21-28(23-37)25-38(24-27,26-37)40(35(43)31-17-9-3-10-18-31)36(44)32-19-11-4-12-20-32/h1-20,27-28H,21-26H2. The van der Waals surface area contributed by atoms with Crippen LogP contribution in [0.4, 0.5) is 0 Å². The molecule has 0 atom stereocenters. The fraction of sp³-hybridized carbons (Fsp3) is 0.263. The lowest BCUT2D eigenvalue weighted by Crippen LogP contribution is -2.72. The number of rotatable bonds is 6. The second-order valence-corrected chi connectivity index (χ2v) is 12.8. The molecule has 0 saturated heterocycles. The number of imide groups is 2.